The van der Waals surface area contributed by atoms with Crippen molar-refractivity contribution in [2.24, 2.45) is 0 Å². The number of nitrogens with one attached hydrogen (secondary N) is 1. The second-order valence-corrected chi connectivity index (χ2v) is 7.84. The van der Waals surface area contributed by atoms with E-state index in [-0.39, 0.29) is 11.7 Å². The summed E-state index contributed by atoms with van der Waals surface area (Å²) >= 11 is 8.76. The van der Waals surface area contributed by atoms with E-state index < -0.39 is 0 Å². The number of halogens is 2. The molecule has 1 N–H and O–H groups in total. The number of rotatable bonds is 4. The predicted molar refractivity (Wildman–Crippen MR) is 116 cm³/mol. The van der Waals surface area contributed by atoms with Gasteiger partial charge in [-0.3, -0.25) is 9.69 Å². The number of fused-ring (bicyclic) bond motifs is 1. The summed E-state index contributed by atoms with van der Waals surface area (Å²) < 4.78 is 16.3. The number of aromatic nitrogens is 1. The molecule has 142 valence electrons. The van der Waals surface area contributed by atoms with Crippen molar-refractivity contribution in [1.82, 2.24) is 14.8 Å². The van der Waals surface area contributed by atoms with Crippen LogP contribution in [0.25, 0.3) is 17.0 Å². The zero-order valence-corrected chi connectivity index (χ0v) is 17.5. The molecule has 2 aromatic carbocycles. The lowest BCUT2D eigenvalue weighted by Gasteiger charge is -2.08. The Kier molecular flexibility index (Phi) is 5.03. The summed E-state index contributed by atoms with van der Waals surface area (Å²) in [6, 6.07) is 12.5. The van der Waals surface area contributed by atoms with Gasteiger partial charge in [-0.05, 0) is 61.1 Å². The zero-order chi connectivity index (χ0) is 19.8. The van der Waals surface area contributed by atoms with Gasteiger partial charge in [0.1, 0.15) is 11.5 Å². The lowest BCUT2D eigenvalue weighted by Crippen LogP contribution is -2.30. The van der Waals surface area contributed by atoms with Gasteiger partial charge in [0.2, 0.25) is 0 Å². The minimum Gasteiger partial charge on any atom is -0.342 e. The Bertz CT molecular complexity index is 1120. The molecule has 0 aliphatic carbocycles. The molecule has 0 unspecified atom stereocenters. The highest BCUT2D eigenvalue weighted by atomic mass is 79.9. The molecule has 0 atom stereocenters. The molecule has 1 aromatic heterocycles. The first-order valence-electron chi connectivity index (χ1n) is 8.83. The van der Waals surface area contributed by atoms with Gasteiger partial charge in [0.25, 0.3) is 5.91 Å². The van der Waals surface area contributed by atoms with Crippen LogP contribution in [0.1, 0.15) is 18.1 Å². The average molecular weight is 458 g/mol. The Balaban J connectivity index is 1.78. The van der Waals surface area contributed by atoms with E-state index >= 15 is 0 Å². The molecule has 3 aromatic rings. The maximum absolute atomic E-state index is 13.2. The molecule has 1 aliphatic rings. The third-order valence-corrected chi connectivity index (χ3v) is 5.53. The normalized spacial score (nSPS) is 15.7. The lowest BCUT2D eigenvalue weighted by atomic mass is 10.1. The van der Waals surface area contributed by atoms with Gasteiger partial charge < -0.3 is 9.88 Å². The second-order valence-electron chi connectivity index (χ2n) is 6.54. The van der Waals surface area contributed by atoms with E-state index in [0.29, 0.717) is 23.9 Å². The monoisotopic (exact) mass is 457 g/mol. The first-order valence-corrected chi connectivity index (χ1v) is 10.0. The van der Waals surface area contributed by atoms with Crippen molar-refractivity contribution in [1.29, 1.82) is 0 Å². The maximum Gasteiger partial charge on any atom is 0.276 e. The first-order chi connectivity index (χ1) is 13.5. The van der Waals surface area contributed by atoms with E-state index in [0.717, 1.165) is 26.5 Å². The van der Waals surface area contributed by atoms with Crippen LogP contribution in [0.4, 0.5) is 4.39 Å². The summed E-state index contributed by atoms with van der Waals surface area (Å²) in [6.45, 7) is 3.02. The average Bonchev–Trinajstić information content (AvgIpc) is 3.13. The summed E-state index contributed by atoms with van der Waals surface area (Å²) in [7, 11) is 0. The molecule has 1 fully saturated rings. The molecular weight excluding hydrogens is 441 g/mol. The SMILES string of the molecule is CCN1C(=O)/C(=C/c2cn(Cc3ccc(F)cc3)c3ccc(Br)cc23)NC1=S. The van der Waals surface area contributed by atoms with E-state index in [1.165, 1.54) is 17.0 Å². The maximum atomic E-state index is 13.2. The van der Waals surface area contributed by atoms with E-state index in [4.69, 9.17) is 12.2 Å². The molecule has 4 rings (SSSR count). The fraction of sp³-hybridized carbons (Fsp3) is 0.143. The van der Waals surface area contributed by atoms with Gasteiger partial charge in [0.15, 0.2) is 5.11 Å². The van der Waals surface area contributed by atoms with Crippen LogP contribution in [0, 0.1) is 5.82 Å². The number of amides is 1. The van der Waals surface area contributed by atoms with Gasteiger partial charge in [0, 0.05) is 40.2 Å². The molecule has 0 bridgehead atoms. The van der Waals surface area contributed by atoms with Crippen molar-refractivity contribution in [2.45, 2.75) is 13.5 Å². The topological polar surface area (TPSA) is 37.3 Å². The van der Waals surface area contributed by atoms with E-state index in [2.05, 4.69) is 25.8 Å². The van der Waals surface area contributed by atoms with Crippen molar-refractivity contribution in [3.8, 4) is 0 Å². The third kappa shape index (κ3) is 3.47. The van der Waals surface area contributed by atoms with Crippen LogP contribution in [0.3, 0.4) is 0 Å². The first kappa shape index (κ1) is 18.8. The van der Waals surface area contributed by atoms with Gasteiger partial charge in [-0.1, -0.05) is 28.1 Å². The van der Waals surface area contributed by atoms with E-state index in [1.807, 2.05) is 37.4 Å². The molecule has 0 radical (unpaired) electrons. The summed E-state index contributed by atoms with van der Waals surface area (Å²) in [5.74, 6) is -0.375. The highest BCUT2D eigenvalue weighted by Gasteiger charge is 2.29. The molecule has 0 spiro atoms. The van der Waals surface area contributed by atoms with Crippen molar-refractivity contribution < 1.29 is 9.18 Å². The largest absolute Gasteiger partial charge is 0.342 e. The minimum atomic E-state index is -0.252. The number of hydrogen-bond acceptors (Lipinski definition) is 2. The molecule has 0 saturated carbocycles. The number of carbonyl (C=O) groups is 1. The highest BCUT2D eigenvalue weighted by molar-refractivity contribution is 9.10. The number of likely N-dealkylation sites (N-methyl/N-ethyl adjacent to an activating group) is 1. The van der Waals surface area contributed by atoms with E-state index in [1.54, 1.807) is 12.1 Å². The molecule has 1 saturated heterocycles. The van der Waals surface area contributed by atoms with Crippen molar-refractivity contribution in [3.05, 3.63) is 75.8 Å². The van der Waals surface area contributed by atoms with Gasteiger partial charge in [-0.25, -0.2) is 4.39 Å². The van der Waals surface area contributed by atoms with Crippen LogP contribution >= 0.6 is 28.1 Å². The fourth-order valence-electron chi connectivity index (χ4n) is 3.34. The molecule has 1 aliphatic heterocycles. The molecule has 7 heteroatoms. The fourth-order valence-corrected chi connectivity index (χ4v) is 4.03. The van der Waals surface area contributed by atoms with Crippen LogP contribution in [0.15, 0.2) is 58.8 Å². The molecule has 1 amide bonds. The summed E-state index contributed by atoms with van der Waals surface area (Å²) in [5.41, 5.74) is 3.40. The van der Waals surface area contributed by atoms with Crippen molar-refractivity contribution in [2.75, 3.05) is 6.54 Å². The Labute approximate surface area is 175 Å². The summed E-state index contributed by atoms with van der Waals surface area (Å²) in [4.78, 5) is 14.1. The van der Waals surface area contributed by atoms with E-state index in [9.17, 15) is 9.18 Å². The van der Waals surface area contributed by atoms with Crippen LogP contribution in [-0.2, 0) is 11.3 Å². The van der Waals surface area contributed by atoms with Gasteiger partial charge >= 0.3 is 0 Å². The highest BCUT2D eigenvalue weighted by Crippen LogP contribution is 2.28. The van der Waals surface area contributed by atoms with Crippen molar-refractivity contribution in [3.63, 3.8) is 0 Å². The van der Waals surface area contributed by atoms with Crippen LogP contribution in [0.2, 0.25) is 0 Å². The number of hydrogen-bond donors (Lipinski definition) is 1. The standard InChI is InChI=1S/C21H17BrFN3OS/c1-2-26-20(27)18(24-21(26)28)9-14-12-25(11-13-3-6-16(23)7-4-13)19-8-5-15(22)10-17(14)19/h3-10,12H,2,11H2,1H3,(H,24,28)/b18-9-. The lowest BCUT2D eigenvalue weighted by molar-refractivity contribution is -0.122. The molecule has 2 heterocycles. The summed E-state index contributed by atoms with van der Waals surface area (Å²) in [6.07, 6.45) is 3.83. The quantitative estimate of drug-likeness (QED) is 0.456. The van der Waals surface area contributed by atoms with Gasteiger partial charge in [0.05, 0.1) is 0 Å². The Morgan fingerprint density at radius 3 is 2.64 bits per heavy atom. The number of benzene rings is 2. The minimum absolute atomic E-state index is 0.123. The third-order valence-electron chi connectivity index (χ3n) is 4.72. The van der Waals surface area contributed by atoms with Crippen molar-refractivity contribution >= 4 is 56.1 Å². The number of carbonyl (C=O) groups excluding carboxylic acids is 1. The smallest absolute Gasteiger partial charge is 0.276 e. The predicted octanol–water partition coefficient (Wildman–Crippen LogP) is 4.67. The van der Waals surface area contributed by atoms with Gasteiger partial charge in [-0.15, -0.1) is 0 Å². The van der Waals surface area contributed by atoms with Crippen LogP contribution in [-0.4, -0.2) is 27.0 Å². The molecule has 28 heavy (non-hydrogen) atoms. The Morgan fingerprint density at radius 1 is 1.21 bits per heavy atom. The number of thiocarbonyl (C=S) groups is 1. The molecule has 4 nitrogen and oxygen atoms in total. The number of nitrogens with zero attached hydrogens (tertiary/aromatic N) is 2. The Hall–Kier alpha value is -2.51. The Morgan fingerprint density at radius 2 is 1.96 bits per heavy atom. The zero-order valence-electron chi connectivity index (χ0n) is 15.1. The van der Waals surface area contributed by atoms with Crippen LogP contribution < -0.4 is 5.32 Å². The summed E-state index contributed by atoms with van der Waals surface area (Å²) in [5, 5.41) is 4.44. The molecular formula is C21H17BrFN3OS. The van der Waals surface area contributed by atoms with Crippen LogP contribution in [0.5, 0.6) is 0 Å². The second kappa shape index (κ2) is 7.48. The van der Waals surface area contributed by atoms with Gasteiger partial charge in [-0.2, -0.15) is 0 Å².